The molecule has 0 aromatic carbocycles. The van der Waals surface area contributed by atoms with Crippen LogP contribution in [0.1, 0.15) is 30.6 Å². The highest BCUT2D eigenvalue weighted by Crippen LogP contribution is 2.29. The van der Waals surface area contributed by atoms with Crippen molar-refractivity contribution in [2.75, 3.05) is 26.8 Å². The van der Waals surface area contributed by atoms with Gasteiger partial charge in [0.2, 0.25) is 5.89 Å². The minimum atomic E-state index is -0.464. The Hall–Kier alpha value is -0.980. The van der Waals surface area contributed by atoms with E-state index in [4.69, 9.17) is 9.26 Å². The number of rotatable bonds is 5. The summed E-state index contributed by atoms with van der Waals surface area (Å²) in [6.07, 6.45) is 1.64. The standard InChI is InChI=1S/C11H19N3O3/c1-8-12-11(13-17-8)10-4-3-5-14(10)6-9(15)7-16-2/h9-10,15H,3-7H2,1-2H3/t9-,10-/m0/s1. The second kappa shape index (κ2) is 5.57. The second-order valence-corrected chi connectivity index (χ2v) is 4.43. The molecule has 0 aliphatic carbocycles. The molecule has 0 amide bonds. The van der Waals surface area contributed by atoms with Gasteiger partial charge in [-0.05, 0) is 19.4 Å². The van der Waals surface area contributed by atoms with E-state index in [9.17, 15) is 5.11 Å². The van der Waals surface area contributed by atoms with Crippen molar-refractivity contribution in [3.05, 3.63) is 11.7 Å². The van der Waals surface area contributed by atoms with Crippen LogP contribution in [0.3, 0.4) is 0 Å². The van der Waals surface area contributed by atoms with Gasteiger partial charge in [-0.1, -0.05) is 5.16 Å². The Kier molecular flexibility index (Phi) is 4.09. The molecule has 0 radical (unpaired) electrons. The summed E-state index contributed by atoms with van der Waals surface area (Å²) in [6.45, 7) is 3.69. The number of β-amino-alcohol motifs (C(OH)–C–C–N with tert-alkyl or cyclic N) is 1. The summed E-state index contributed by atoms with van der Waals surface area (Å²) < 4.78 is 9.94. The largest absolute Gasteiger partial charge is 0.389 e. The molecule has 0 saturated carbocycles. The Morgan fingerprint density at radius 2 is 2.47 bits per heavy atom. The van der Waals surface area contributed by atoms with Gasteiger partial charge in [-0.3, -0.25) is 4.90 Å². The molecule has 1 aliphatic heterocycles. The molecule has 1 aromatic rings. The van der Waals surface area contributed by atoms with Crippen LogP contribution < -0.4 is 0 Å². The van der Waals surface area contributed by atoms with Gasteiger partial charge in [-0.25, -0.2) is 0 Å². The number of hydrogen-bond donors (Lipinski definition) is 1. The first-order valence-corrected chi connectivity index (χ1v) is 5.92. The molecule has 0 bridgehead atoms. The molecule has 2 atom stereocenters. The Bertz CT molecular complexity index is 355. The van der Waals surface area contributed by atoms with Crippen LogP contribution in [-0.4, -0.2) is 53.1 Å². The molecule has 1 aliphatic rings. The van der Waals surface area contributed by atoms with Crippen molar-refractivity contribution in [3.63, 3.8) is 0 Å². The Morgan fingerprint density at radius 1 is 1.65 bits per heavy atom. The van der Waals surface area contributed by atoms with Gasteiger partial charge in [-0.15, -0.1) is 0 Å². The molecule has 6 heteroatoms. The Labute approximate surface area is 101 Å². The van der Waals surface area contributed by atoms with E-state index in [1.54, 1.807) is 14.0 Å². The summed E-state index contributed by atoms with van der Waals surface area (Å²) in [6, 6.07) is 0.166. The maximum atomic E-state index is 9.75. The predicted molar refractivity (Wildman–Crippen MR) is 60.5 cm³/mol. The molecule has 17 heavy (non-hydrogen) atoms. The van der Waals surface area contributed by atoms with Crippen LogP contribution in [0.25, 0.3) is 0 Å². The highest BCUT2D eigenvalue weighted by Gasteiger charge is 2.30. The maximum absolute atomic E-state index is 9.75. The van der Waals surface area contributed by atoms with Gasteiger partial charge in [0.1, 0.15) is 0 Å². The lowest BCUT2D eigenvalue weighted by Crippen LogP contribution is -2.34. The quantitative estimate of drug-likeness (QED) is 0.810. The molecule has 1 N–H and O–H groups in total. The first kappa shape index (κ1) is 12.5. The number of likely N-dealkylation sites (tertiary alicyclic amines) is 1. The van der Waals surface area contributed by atoms with Gasteiger partial charge >= 0.3 is 0 Å². The SMILES string of the molecule is COC[C@@H](O)CN1CCC[C@H]1c1noc(C)n1. The number of aromatic nitrogens is 2. The van der Waals surface area contributed by atoms with E-state index in [1.807, 2.05) is 0 Å². The molecule has 2 heterocycles. The topological polar surface area (TPSA) is 71.6 Å². The molecule has 96 valence electrons. The lowest BCUT2D eigenvalue weighted by Gasteiger charge is -2.24. The molecule has 1 fully saturated rings. The van der Waals surface area contributed by atoms with Crippen LogP contribution >= 0.6 is 0 Å². The van der Waals surface area contributed by atoms with Crippen molar-refractivity contribution in [2.24, 2.45) is 0 Å². The molecule has 0 spiro atoms. The van der Waals surface area contributed by atoms with Crippen LogP contribution in [0.5, 0.6) is 0 Å². The third kappa shape index (κ3) is 3.02. The number of methoxy groups -OCH3 is 1. The highest BCUT2D eigenvalue weighted by molar-refractivity contribution is 4.97. The van der Waals surface area contributed by atoms with Crippen LogP contribution in [0.15, 0.2) is 4.52 Å². The lowest BCUT2D eigenvalue weighted by atomic mass is 10.2. The lowest BCUT2D eigenvalue weighted by molar-refractivity contribution is 0.0336. The Balaban J connectivity index is 1.97. The number of aliphatic hydroxyl groups is 1. The van der Waals surface area contributed by atoms with Crippen molar-refractivity contribution >= 4 is 0 Å². The molecule has 2 rings (SSSR count). The van der Waals surface area contributed by atoms with Gasteiger partial charge in [0.15, 0.2) is 5.82 Å². The second-order valence-electron chi connectivity index (χ2n) is 4.43. The van der Waals surface area contributed by atoms with E-state index in [2.05, 4.69) is 15.0 Å². The molecular formula is C11H19N3O3. The fraction of sp³-hybridized carbons (Fsp3) is 0.818. The van der Waals surface area contributed by atoms with Crippen molar-refractivity contribution in [1.82, 2.24) is 15.0 Å². The summed E-state index contributed by atoms with van der Waals surface area (Å²) in [4.78, 5) is 6.45. The van der Waals surface area contributed by atoms with E-state index >= 15 is 0 Å². The third-order valence-corrected chi connectivity index (χ3v) is 3.01. The van der Waals surface area contributed by atoms with Crippen molar-refractivity contribution in [1.29, 1.82) is 0 Å². The summed E-state index contributed by atoms with van der Waals surface area (Å²) >= 11 is 0. The number of nitrogens with zero attached hydrogens (tertiary/aromatic N) is 3. The molecule has 0 unspecified atom stereocenters. The Morgan fingerprint density at radius 3 is 3.12 bits per heavy atom. The van der Waals surface area contributed by atoms with Crippen molar-refractivity contribution in [2.45, 2.75) is 31.9 Å². The first-order chi connectivity index (χ1) is 8.20. The summed E-state index contributed by atoms with van der Waals surface area (Å²) in [5.74, 6) is 1.31. The van der Waals surface area contributed by atoms with Crippen LogP contribution in [0.2, 0.25) is 0 Å². The smallest absolute Gasteiger partial charge is 0.223 e. The number of aliphatic hydroxyl groups excluding tert-OH is 1. The number of ether oxygens (including phenoxy) is 1. The van der Waals surface area contributed by atoms with Gasteiger partial charge in [0, 0.05) is 20.6 Å². The molecule has 1 saturated heterocycles. The zero-order valence-corrected chi connectivity index (χ0v) is 10.3. The zero-order valence-electron chi connectivity index (χ0n) is 10.3. The number of aryl methyl sites for hydroxylation is 1. The maximum Gasteiger partial charge on any atom is 0.223 e. The summed E-state index contributed by atoms with van der Waals surface area (Å²) in [5.41, 5.74) is 0. The minimum absolute atomic E-state index is 0.166. The fourth-order valence-corrected chi connectivity index (χ4v) is 2.30. The van der Waals surface area contributed by atoms with Crippen LogP contribution in [0, 0.1) is 6.92 Å². The van der Waals surface area contributed by atoms with Crippen LogP contribution in [0.4, 0.5) is 0 Å². The number of hydrogen-bond acceptors (Lipinski definition) is 6. The summed E-state index contributed by atoms with van der Waals surface area (Å²) in [5, 5.41) is 13.7. The van der Waals surface area contributed by atoms with Crippen molar-refractivity contribution < 1.29 is 14.4 Å². The van der Waals surface area contributed by atoms with Crippen molar-refractivity contribution in [3.8, 4) is 0 Å². The van der Waals surface area contributed by atoms with E-state index < -0.39 is 6.10 Å². The van der Waals surface area contributed by atoms with E-state index in [0.717, 1.165) is 25.2 Å². The highest BCUT2D eigenvalue weighted by atomic mass is 16.5. The molecule has 6 nitrogen and oxygen atoms in total. The first-order valence-electron chi connectivity index (χ1n) is 5.92. The van der Waals surface area contributed by atoms with E-state index in [0.29, 0.717) is 19.0 Å². The van der Waals surface area contributed by atoms with Crippen LogP contribution in [-0.2, 0) is 4.74 Å². The van der Waals surface area contributed by atoms with Gasteiger partial charge < -0.3 is 14.4 Å². The van der Waals surface area contributed by atoms with E-state index in [-0.39, 0.29) is 6.04 Å². The third-order valence-electron chi connectivity index (χ3n) is 3.01. The monoisotopic (exact) mass is 241 g/mol. The fourth-order valence-electron chi connectivity index (χ4n) is 2.30. The van der Waals surface area contributed by atoms with Gasteiger partial charge in [0.25, 0.3) is 0 Å². The molecular weight excluding hydrogens is 222 g/mol. The van der Waals surface area contributed by atoms with Gasteiger partial charge in [-0.2, -0.15) is 4.98 Å². The van der Waals surface area contributed by atoms with E-state index in [1.165, 1.54) is 0 Å². The average molecular weight is 241 g/mol. The average Bonchev–Trinajstić information content (AvgIpc) is 2.87. The van der Waals surface area contributed by atoms with Gasteiger partial charge in [0.05, 0.1) is 18.8 Å². The summed E-state index contributed by atoms with van der Waals surface area (Å²) in [7, 11) is 1.59. The minimum Gasteiger partial charge on any atom is -0.389 e. The zero-order chi connectivity index (χ0) is 12.3. The normalized spacial score (nSPS) is 23.1. The molecule has 1 aromatic heterocycles. The predicted octanol–water partition coefficient (Wildman–Crippen LogP) is 0.522.